The van der Waals surface area contributed by atoms with Crippen LogP contribution in [-0.4, -0.2) is 29.3 Å². The van der Waals surface area contributed by atoms with Gasteiger partial charge in [-0.05, 0) is 69.1 Å². The zero-order valence-electron chi connectivity index (χ0n) is 16.2. The lowest BCUT2D eigenvalue weighted by atomic mass is 10.0. The van der Waals surface area contributed by atoms with Crippen molar-refractivity contribution in [3.05, 3.63) is 45.9 Å². The summed E-state index contributed by atoms with van der Waals surface area (Å²) in [5.74, 6) is 0.898. The lowest BCUT2D eigenvalue weighted by molar-refractivity contribution is 0.162. The molecule has 0 amide bonds. The molecule has 0 spiro atoms. The number of nitrogens with one attached hydrogen (secondary N) is 1. The number of piperidine rings is 1. The second-order valence-corrected chi connectivity index (χ2v) is 8.83. The summed E-state index contributed by atoms with van der Waals surface area (Å²) in [4.78, 5) is 5.45. The van der Waals surface area contributed by atoms with Gasteiger partial charge in [-0.25, -0.2) is 0 Å². The molecule has 2 N–H and O–H groups in total. The molecule has 1 fully saturated rings. The second-order valence-electron chi connectivity index (χ2n) is 7.31. The number of benzene rings is 1. The topological polar surface area (TPSA) is 54.4 Å². The maximum absolute atomic E-state index is 10.3. The van der Waals surface area contributed by atoms with Gasteiger partial charge in [-0.2, -0.15) is 0 Å². The molecular formula is C22H25ClN2O2S. The van der Waals surface area contributed by atoms with Gasteiger partial charge in [0.2, 0.25) is 0 Å². The Morgan fingerprint density at radius 2 is 2.07 bits per heavy atom. The van der Waals surface area contributed by atoms with Crippen molar-refractivity contribution in [3.63, 3.8) is 0 Å². The Labute approximate surface area is 174 Å². The second kappa shape index (κ2) is 8.37. The Kier molecular flexibility index (Phi) is 5.88. The van der Waals surface area contributed by atoms with Crippen molar-refractivity contribution >= 4 is 33.2 Å². The van der Waals surface area contributed by atoms with E-state index in [-0.39, 0.29) is 6.10 Å². The number of hydrogen-bond donors (Lipinski definition) is 2. The van der Waals surface area contributed by atoms with Crippen LogP contribution in [0, 0.1) is 6.92 Å². The molecular weight excluding hydrogens is 392 g/mol. The van der Waals surface area contributed by atoms with E-state index >= 15 is 0 Å². The van der Waals surface area contributed by atoms with Gasteiger partial charge < -0.3 is 15.2 Å². The lowest BCUT2D eigenvalue weighted by Crippen LogP contribution is -2.34. The van der Waals surface area contributed by atoms with Crippen molar-refractivity contribution in [2.24, 2.45) is 0 Å². The van der Waals surface area contributed by atoms with Crippen LogP contribution in [0.1, 0.15) is 42.7 Å². The summed E-state index contributed by atoms with van der Waals surface area (Å²) in [5.41, 5.74) is 3.99. The molecule has 1 aliphatic heterocycles. The molecule has 148 valence electrons. The molecule has 0 aliphatic carbocycles. The molecule has 1 atom stereocenters. The van der Waals surface area contributed by atoms with E-state index in [0.717, 1.165) is 63.5 Å². The Hall–Kier alpha value is -1.66. The SMILES string of the molecule is CCC(O)c1cc2nccc(-c3cc(Cl)cc(C)c3OC3CCNCC3)c2s1. The number of nitrogens with zero attached hydrogens (tertiary/aromatic N) is 1. The van der Waals surface area contributed by atoms with Crippen LogP contribution in [0.25, 0.3) is 21.3 Å². The molecule has 4 nitrogen and oxygen atoms in total. The number of aryl methyl sites for hydroxylation is 1. The van der Waals surface area contributed by atoms with Crippen molar-refractivity contribution in [1.82, 2.24) is 10.3 Å². The van der Waals surface area contributed by atoms with E-state index in [0.29, 0.717) is 11.4 Å². The Bertz CT molecular complexity index is 982. The van der Waals surface area contributed by atoms with Crippen LogP contribution >= 0.6 is 22.9 Å². The van der Waals surface area contributed by atoms with Gasteiger partial charge in [0.15, 0.2) is 0 Å². The van der Waals surface area contributed by atoms with E-state index < -0.39 is 6.10 Å². The maximum Gasteiger partial charge on any atom is 0.130 e. The number of aliphatic hydroxyl groups is 1. The molecule has 0 saturated carbocycles. The average Bonchev–Trinajstić information content (AvgIpc) is 3.14. The van der Waals surface area contributed by atoms with Gasteiger partial charge >= 0.3 is 0 Å². The average molecular weight is 417 g/mol. The van der Waals surface area contributed by atoms with Gasteiger partial charge in [0, 0.05) is 27.2 Å². The maximum atomic E-state index is 10.3. The minimum Gasteiger partial charge on any atom is -0.489 e. The van der Waals surface area contributed by atoms with Gasteiger partial charge in [0.25, 0.3) is 0 Å². The van der Waals surface area contributed by atoms with Gasteiger partial charge in [0.1, 0.15) is 11.9 Å². The van der Waals surface area contributed by atoms with Crippen molar-refractivity contribution in [1.29, 1.82) is 0 Å². The highest BCUT2D eigenvalue weighted by Gasteiger charge is 2.21. The van der Waals surface area contributed by atoms with Crippen LogP contribution in [0.3, 0.4) is 0 Å². The van der Waals surface area contributed by atoms with E-state index in [1.54, 1.807) is 11.3 Å². The fourth-order valence-electron chi connectivity index (χ4n) is 3.70. The molecule has 1 aliphatic rings. The van der Waals surface area contributed by atoms with Crippen molar-refractivity contribution in [3.8, 4) is 16.9 Å². The third kappa shape index (κ3) is 3.90. The fourth-order valence-corrected chi connectivity index (χ4v) is 5.19. The van der Waals surface area contributed by atoms with Crippen molar-refractivity contribution in [2.75, 3.05) is 13.1 Å². The molecule has 3 heterocycles. The van der Waals surface area contributed by atoms with Gasteiger partial charge in [0.05, 0.1) is 16.3 Å². The molecule has 3 aromatic rings. The van der Waals surface area contributed by atoms with E-state index in [1.807, 2.05) is 44.3 Å². The third-order valence-electron chi connectivity index (χ3n) is 5.25. The minimum absolute atomic E-state index is 0.206. The number of hydrogen-bond acceptors (Lipinski definition) is 5. The quantitative estimate of drug-likeness (QED) is 0.576. The Morgan fingerprint density at radius 3 is 2.82 bits per heavy atom. The normalized spacial score (nSPS) is 16.4. The molecule has 0 radical (unpaired) electrons. The van der Waals surface area contributed by atoms with Crippen LogP contribution < -0.4 is 10.1 Å². The number of halogens is 1. The minimum atomic E-state index is -0.460. The monoisotopic (exact) mass is 416 g/mol. The highest BCUT2D eigenvalue weighted by molar-refractivity contribution is 7.19. The first kappa shape index (κ1) is 19.6. The highest BCUT2D eigenvalue weighted by Crippen LogP contribution is 2.43. The molecule has 4 rings (SSSR count). The number of aromatic nitrogens is 1. The highest BCUT2D eigenvalue weighted by atomic mass is 35.5. The number of thiophene rings is 1. The smallest absolute Gasteiger partial charge is 0.130 e. The number of ether oxygens (including phenoxy) is 1. The Balaban J connectivity index is 1.83. The summed E-state index contributed by atoms with van der Waals surface area (Å²) >= 11 is 8.02. The lowest BCUT2D eigenvalue weighted by Gasteiger charge is -2.26. The first-order valence-electron chi connectivity index (χ1n) is 9.81. The predicted octanol–water partition coefficient (Wildman–Crippen LogP) is 5.50. The molecule has 6 heteroatoms. The van der Waals surface area contributed by atoms with Crippen LogP contribution in [0.5, 0.6) is 5.75 Å². The fraction of sp³-hybridized carbons (Fsp3) is 0.409. The van der Waals surface area contributed by atoms with Crippen molar-refractivity contribution < 1.29 is 9.84 Å². The van der Waals surface area contributed by atoms with E-state index in [4.69, 9.17) is 16.3 Å². The Morgan fingerprint density at radius 1 is 1.29 bits per heavy atom. The first-order chi connectivity index (χ1) is 13.6. The van der Waals surface area contributed by atoms with Gasteiger partial charge in [-0.15, -0.1) is 11.3 Å². The van der Waals surface area contributed by atoms with Gasteiger partial charge in [-0.1, -0.05) is 18.5 Å². The first-order valence-corrected chi connectivity index (χ1v) is 11.0. The molecule has 1 unspecified atom stereocenters. The summed E-state index contributed by atoms with van der Waals surface area (Å²) in [6.07, 6.45) is 4.24. The number of aliphatic hydroxyl groups excluding tert-OH is 1. The van der Waals surface area contributed by atoms with E-state index in [1.165, 1.54) is 0 Å². The summed E-state index contributed by atoms with van der Waals surface area (Å²) in [5, 5.41) is 14.4. The van der Waals surface area contributed by atoms with Crippen LogP contribution in [0.15, 0.2) is 30.5 Å². The van der Waals surface area contributed by atoms with E-state index in [2.05, 4.69) is 10.3 Å². The predicted molar refractivity (Wildman–Crippen MR) is 117 cm³/mol. The number of rotatable bonds is 5. The summed E-state index contributed by atoms with van der Waals surface area (Å²) in [7, 11) is 0. The number of fused-ring (bicyclic) bond motifs is 1. The van der Waals surface area contributed by atoms with Crippen LogP contribution in [-0.2, 0) is 0 Å². The zero-order chi connectivity index (χ0) is 19.7. The third-order valence-corrected chi connectivity index (χ3v) is 6.72. The van der Waals surface area contributed by atoms with E-state index in [9.17, 15) is 5.11 Å². The zero-order valence-corrected chi connectivity index (χ0v) is 17.7. The molecule has 1 saturated heterocycles. The van der Waals surface area contributed by atoms with Crippen LogP contribution in [0.2, 0.25) is 5.02 Å². The largest absolute Gasteiger partial charge is 0.489 e. The number of pyridine rings is 1. The molecule has 2 aromatic heterocycles. The molecule has 1 aromatic carbocycles. The standard InChI is InChI=1S/C22H25ClN2O2S/c1-3-19(26)20-12-18-22(28-20)16(6-9-25-18)17-11-14(23)10-13(2)21(17)27-15-4-7-24-8-5-15/h6,9-12,15,19,24,26H,3-5,7-8H2,1-2H3. The summed E-state index contributed by atoms with van der Waals surface area (Å²) < 4.78 is 7.54. The van der Waals surface area contributed by atoms with Gasteiger partial charge in [-0.3, -0.25) is 4.98 Å². The molecule has 0 bridgehead atoms. The summed E-state index contributed by atoms with van der Waals surface area (Å²) in [6.45, 7) is 5.99. The van der Waals surface area contributed by atoms with Crippen LogP contribution in [0.4, 0.5) is 0 Å². The van der Waals surface area contributed by atoms with Crippen molar-refractivity contribution in [2.45, 2.75) is 45.3 Å². The summed E-state index contributed by atoms with van der Waals surface area (Å²) in [6, 6.07) is 7.94. The molecule has 28 heavy (non-hydrogen) atoms.